The summed E-state index contributed by atoms with van der Waals surface area (Å²) < 4.78 is 2.49. The molecule has 94 valence electrons. The van der Waals surface area contributed by atoms with Gasteiger partial charge in [-0.15, -0.1) is 0 Å². The minimum Gasteiger partial charge on any atom is -0.263 e. The number of hydrogen-bond acceptors (Lipinski definition) is 4. The molecule has 0 radical (unpaired) electrons. The van der Waals surface area contributed by atoms with Gasteiger partial charge in [0, 0.05) is 16.9 Å². The van der Waals surface area contributed by atoms with Gasteiger partial charge in [-0.1, -0.05) is 0 Å². The standard InChI is InChI=1S/C11H11BrN4O2/c1-7-11(16(17)18)8(2)15(14-7)6-9-3-10(12)5-13-4-9/h3-5H,6H2,1-2H3. The zero-order valence-corrected chi connectivity index (χ0v) is 11.5. The van der Waals surface area contributed by atoms with Gasteiger partial charge in [0.2, 0.25) is 0 Å². The summed E-state index contributed by atoms with van der Waals surface area (Å²) in [4.78, 5) is 14.6. The van der Waals surface area contributed by atoms with E-state index in [0.29, 0.717) is 17.9 Å². The summed E-state index contributed by atoms with van der Waals surface area (Å²) in [5.41, 5.74) is 2.00. The summed E-state index contributed by atoms with van der Waals surface area (Å²) >= 11 is 3.34. The van der Waals surface area contributed by atoms with E-state index in [0.717, 1.165) is 10.0 Å². The van der Waals surface area contributed by atoms with Crippen molar-refractivity contribution in [3.05, 3.63) is 50.0 Å². The molecule has 0 atom stereocenters. The lowest BCUT2D eigenvalue weighted by molar-refractivity contribution is -0.386. The first-order chi connectivity index (χ1) is 8.49. The van der Waals surface area contributed by atoms with Crippen LogP contribution in [0.2, 0.25) is 0 Å². The van der Waals surface area contributed by atoms with Crippen LogP contribution < -0.4 is 0 Å². The van der Waals surface area contributed by atoms with E-state index in [1.165, 1.54) is 0 Å². The Morgan fingerprint density at radius 3 is 2.72 bits per heavy atom. The predicted molar refractivity (Wildman–Crippen MR) is 69.4 cm³/mol. The molecule has 0 aliphatic heterocycles. The molecule has 2 rings (SSSR count). The monoisotopic (exact) mass is 310 g/mol. The van der Waals surface area contributed by atoms with Crippen molar-refractivity contribution in [2.24, 2.45) is 0 Å². The van der Waals surface area contributed by atoms with E-state index in [9.17, 15) is 10.1 Å². The number of nitro groups is 1. The van der Waals surface area contributed by atoms with Gasteiger partial charge < -0.3 is 0 Å². The van der Waals surface area contributed by atoms with E-state index < -0.39 is 4.92 Å². The maximum absolute atomic E-state index is 10.9. The summed E-state index contributed by atoms with van der Waals surface area (Å²) in [7, 11) is 0. The summed E-state index contributed by atoms with van der Waals surface area (Å²) in [6.07, 6.45) is 3.40. The molecule has 0 spiro atoms. The van der Waals surface area contributed by atoms with Crippen LogP contribution in [0.25, 0.3) is 0 Å². The summed E-state index contributed by atoms with van der Waals surface area (Å²) in [6, 6.07) is 1.91. The average Bonchev–Trinajstić information content (AvgIpc) is 2.54. The Morgan fingerprint density at radius 2 is 2.17 bits per heavy atom. The van der Waals surface area contributed by atoms with Gasteiger partial charge in [-0.3, -0.25) is 19.8 Å². The van der Waals surface area contributed by atoms with E-state index in [1.54, 1.807) is 30.9 Å². The normalized spacial score (nSPS) is 10.6. The molecule has 0 saturated heterocycles. The van der Waals surface area contributed by atoms with Crippen LogP contribution in [0.3, 0.4) is 0 Å². The van der Waals surface area contributed by atoms with Crippen LogP contribution in [0.4, 0.5) is 5.69 Å². The molecule has 0 saturated carbocycles. The van der Waals surface area contributed by atoms with Crippen LogP contribution in [-0.4, -0.2) is 19.7 Å². The lowest BCUT2D eigenvalue weighted by Gasteiger charge is -2.03. The molecular weight excluding hydrogens is 300 g/mol. The van der Waals surface area contributed by atoms with Crippen LogP contribution in [0.1, 0.15) is 17.0 Å². The van der Waals surface area contributed by atoms with Crippen LogP contribution in [0, 0.1) is 24.0 Å². The molecule has 2 heterocycles. The number of rotatable bonds is 3. The van der Waals surface area contributed by atoms with Crippen LogP contribution in [0.15, 0.2) is 22.9 Å². The first-order valence-electron chi connectivity index (χ1n) is 5.27. The maximum Gasteiger partial charge on any atom is 0.312 e. The van der Waals surface area contributed by atoms with Gasteiger partial charge in [0.25, 0.3) is 0 Å². The SMILES string of the molecule is Cc1nn(Cc2cncc(Br)c2)c(C)c1[N+](=O)[O-]. The quantitative estimate of drug-likeness (QED) is 0.645. The third kappa shape index (κ3) is 2.40. The Morgan fingerprint density at radius 1 is 1.44 bits per heavy atom. The second kappa shape index (κ2) is 4.85. The molecule has 0 bridgehead atoms. The number of aromatic nitrogens is 3. The summed E-state index contributed by atoms with van der Waals surface area (Å²) in [6.45, 7) is 3.80. The highest BCUT2D eigenvalue weighted by Gasteiger charge is 2.21. The molecule has 0 unspecified atom stereocenters. The van der Waals surface area contributed by atoms with Crippen molar-refractivity contribution in [3.63, 3.8) is 0 Å². The zero-order chi connectivity index (χ0) is 13.3. The highest BCUT2D eigenvalue weighted by Crippen LogP contribution is 2.22. The molecular formula is C11H11BrN4O2. The van der Waals surface area contributed by atoms with Gasteiger partial charge in [-0.2, -0.15) is 5.10 Å². The van der Waals surface area contributed by atoms with Gasteiger partial charge in [-0.25, -0.2) is 0 Å². The molecule has 7 heteroatoms. The van der Waals surface area contributed by atoms with E-state index in [2.05, 4.69) is 26.0 Å². The minimum absolute atomic E-state index is 0.0814. The van der Waals surface area contributed by atoms with Crippen molar-refractivity contribution >= 4 is 21.6 Å². The van der Waals surface area contributed by atoms with Gasteiger partial charge in [0.15, 0.2) is 0 Å². The average molecular weight is 311 g/mol. The fraction of sp³-hybridized carbons (Fsp3) is 0.273. The lowest BCUT2D eigenvalue weighted by Crippen LogP contribution is -2.04. The summed E-state index contributed by atoms with van der Waals surface area (Å²) in [5.74, 6) is 0. The van der Waals surface area contributed by atoms with E-state index >= 15 is 0 Å². The predicted octanol–water partition coefficient (Wildman–Crippen LogP) is 2.61. The van der Waals surface area contributed by atoms with Crippen molar-refractivity contribution in [2.45, 2.75) is 20.4 Å². The summed E-state index contributed by atoms with van der Waals surface area (Å²) in [5, 5.41) is 15.1. The largest absolute Gasteiger partial charge is 0.312 e. The minimum atomic E-state index is -0.396. The molecule has 0 amide bonds. The van der Waals surface area contributed by atoms with Crippen molar-refractivity contribution in [1.29, 1.82) is 0 Å². The molecule has 6 nitrogen and oxygen atoms in total. The van der Waals surface area contributed by atoms with Crippen molar-refractivity contribution in [3.8, 4) is 0 Å². The molecule has 0 aliphatic carbocycles. The molecule has 0 N–H and O–H groups in total. The third-order valence-corrected chi connectivity index (χ3v) is 3.05. The van der Waals surface area contributed by atoms with E-state index in [4.69, 9.17) is 0 Å². The Labute approximate surface area is 112 Å². The van der Waals surface area contributed by atoms with Crippen LogP contribution in [-0.2, 0) is 6.54 Å². The number of aryl methyl sites for hydroxylation is 1. The topological polar surface area (TPSA) is 73.8 Å². The Hall–Kier alpha value is -1.76. The Kier molecular flexibility index (Phi) is 3.42. The molecule has 0 aromatic carbocycles. The highest BCUT2D eigenvalue weighted by atomic mass is 79.9. The fourth-order valence-electron chi connectivity index (χ4n) is 1.82. The maximum atomic E-state index is 10.9. The molecule has 0 fully saturated rings. The molecule has 2 aromatic heterocycles. The first kappa shape index (κ1) is 12.7. The molecule has 0 aliphatic rings. The second-order valence-electron chi connectivity index (χ2n) is 3.95. The van der Waals surface area contributed by atoms with Gasteiger partial charge >= 0.3 is 5.69 Å². The van der Waals surface area contributed by atoms with Crippen molar-refractivity contribution in [2.75, 3.05) is 0 Å². The van der Waals surface area contributed by atoms with E-state index in [1.807, 2.05) is 6.07 Å². The third-order valence-electron chi connectivity index (χ3n) is 2.62. The number of hydrogen-bond donors (Lipinski definition) is 0. The van der Waals surface area contributed by atoms with Crippen molar-refractivity contribution < 1.29 is 4.92 Å². The second-order valence-corrected chi connectivity index (χ2v) is 4.86. The van der Waals surface area contributed by atoms with Gasteiger partial charge in [0.05, 0.1) is 11.5 Å². The van der Waals surface area contributed by atoms with Crippen LogP contribution in [0.5, 0.6) is 0 Å². The Bertz CT molecular complexity index is 609. The van der Waals surface area contributed by atoms with Gasteiger partial charge in [-0.05, 0) is 41.4 Å². The Balaban J connectivity index is 2.36. The molecule has 18 heavy (non-hydrogen) atoms. The fourth-order valence-corrected chi connectivity index (χ4v) is 2.23. The highest BCUT2D eigenvalue weighted by molar-refractivity contribution is 9.10. The first-order valence-corrected chi connectivity index (χ1v) is 6.06. The van der Waals surface area contributed by atoms with Crippen molar-refractivity contribution in [1.82, 2.24) is 14.8 Å². The van der Waals surface area contributed by atoms with E-state index in [-0.39, 0.29) is 5.69 Å². The smallest absolute Gasteiger partial charge is 0.263 e. The number of halogens is 1. The number of nitrogens with zero attached hydrogens (tertiary/aromatic N) is 4. The van der Waals surface area contributed by atoms with Gasteiger partial charge in [0.1, 0.15) is 11.4 Å². The molecule has 2 aromatic rings. The lowest BCUT2D eigenvalue weighted by atomic mass is 10.3. The zero-order valence-electron chi connectivity index (χ0n) is 9.92. The van der Waals surface area contributed by atoms with Crippen LogP contribution >= 0.6 is 15.9 Å². The number of pyridine rings is 1.